The van der Waals surface area contributed by atoms with Crippen molar-refractivity contribution in [3.8, 4) is 0 Å². The van der Waals surface area contributed by atoms with Crippen LogP contribution in [0, 0.1) is 0 Å². The molecule has 0 saturated heterocycles. The molecule has 6 nitrogen and oxygen atoms in total. The van der Waals surface area contributed by atoms with E-state index in [4.69, 9.17) is 0 Å². The maximum Gasteiger partial charge on any atom is 0.240 e. The lowest BCUT2D eigenvalue weighted by atomic mass is 9.95. The molecule has 0 bridgehead atoms. The Morgan fingerprint density at radius 1 is 1.04 bits per heavy atom. The fourth-order valence-electron chi connectivity index (χ4n) is 2.96. The third kappa shape index (κ3) is 5.27. The predicted molar refractivity (Wildman–Crippen MR) is 90.1 cm³/mol. The van der Waals surface area contributed by atoms with Crippen molar-refractivity contribution in [2.45, 2.75) is 43.0 Å². The number of nitrogens with zero attached hydrogens (tertiary/aromatic N) is 1. The van der Waals surface area contributed by atoms with E-state index in [1.165, 1.54) is 22.7 Å². The Kier molecular flexibility index (Phi) is 6.19. The second kappa shape index (κ2) is 7.74. The third-order valence-electron chi connectivity index (χ3n) is 4.09. The van der Waals surface area contributed by atoms with Crippen LogP contribution in [0.1, 0.15) is 32.1 Å². The van der Waals surface area contributed by atoms with Crippen LogP contribution in [0.4, 0.5) is 0 Å². The highest BCUT2D eigenvalue weighted by atomic mass is 32.2. The molecular formula is C15H24N2O4S2. The van der Waals surface area contributed by atoms with Crippen LogP contribution in [0.25, 0.3) is 0 Å². The first-order valence-electron chi connectivity index (χ1n) is 7.82. The Labute approximate surface area is 139 Å². The summed E-state index contributed by atoms with van der Waals surface area (Å²) in [5.41, 5.74) is 0. The van der Waals surface area contributed by atoms with Gasteiger partial charge in [0.1, 0.15) is 0 Å². The highest BCUT2D eigenvalue weighted by Gasteiger charge is 2.28. The number of benzene rings is 1. The molecule has 1 aromatic carbocycles. The quantitative estimate of drug-likeness (QED) is 0.800. The molecule has 0 atom stereocenters. The summed E-state index contributed by atoms with van der Waals surface area (Å²) in [5.74, 6) is 0. The molecule has 130 valence electrons. The Hall–Kier alpha value is -0.960. The Morgan fingerprint density at radius 3 is 2.22 bits per heavy atom. The number of hydrogen-bond acceptors (Lipinski definition) is 4. The third-order valence-corrected chi connectivity index (χ3v) is 6.90. The van der Waals surface area contributed by atoms with Crippen LogP contribution in [0.5, 0.6) is 0 Å². The van der Waals surface area contributed by atoms with Gasteiger partial charge >= 0.3 is 0 Å². The fraction of sp³-hybridized carbons (Fsp3) is 0.600. The van der Waals surface area contributed by atoms with Gasteiger partial charge in [-0.2, -0.15) is 4.31 Å². The summed E-state index contributed by atoms with van der Waals surface area (Å²) in [6.45, 7) is 0.233. The summed E-state index contributed by atoms with van der Waals surface area (Å²) in [7, 11) is -6.95. The maximum atomic E-state index is 12.2. The van der Waals surface area contributed by atoms with E-state index in [0.717, 1.165) is 32.1 Å². The summed E-state index contributed by atoms with van der Waals surface area (Å²) in [5, 5.41) is 0. The van der Waals surface area contributed by atoms with Crippen LogP contribution < -0.4 is 4.72 Å². The van der Waals surface area contributed by atoms with E-state index in [2.05, 4.69) is 4.72 Å². The zero-order valence-electron chi connectivity index (χ0n) is 13.3. The lowest BCUT2D eigenvalue weighted by Gasteiger charge is -2.32. The molecule has 1 aliphatic rings. The molecular weight excluding hydrogens is 336 g/mol. The van der Waals surface area contributed by atoms with Crippen molar-refractivity contribution in [1.82, 2.24) is 9.03 Å². The minimum absolute atomic E-state index is 0.0139. The number of hydrogen-bond donors (Lipinski definition) is 1. The molecule has 1 saturated carbocycles. The second-order valence-electron chi connectivity index (χ2n) is 5.88. The molecule has 1 aromatic rings. The molecule has 23 heavy (non-hydrogen) atoms. The monoisotopic (exact) mass is 360 g/mol. The molecule has 0 radical (unpaired) electrons. The first-order chi connectivity index (χ1) is 10.8. The van der Waals surface area contributed by atoms with Crippen LogP contribution in [-0.4, -0.2) is 46.5 Å². The van der Waals surface area contributed by atoms with E-state index >= 15 is 0 Å². The molecule has 0 spiro atoms. The van der Waals surface area contributed by atoms with Gasteiger partial charge in [0, 0.05) is 19.1 Å². The van der Waals surface area contributed by atoms with Gasteiger partial charge in [-0.3, -0.25) is 0 Å². The molecule has 1 aliphatic carbocycles. The van der Waals surface area contributed by atoms with Gasteiger partial charge in [-0.15, -0.1) is 0 Å². The zero-order chi connectivity index (χ0) is 16.9. The Bertz CT molecular complexity index is 696. The van der Waals surface area contributed by atoms with Crippen molar-refractivity contribution >= 4 is 20.0 Å². The SMILES string of the molecule is CS(=O)(=O)N(CCNS(=O)(=O)c1ccccc1)C1CCCCC1. The first-order valence-corrected chi connectivity index (χ1v) is 11.2. The average Bonchev–Trinajstić information content (AvgIpc) is 2.52. The van der Waals surface area contributed by atoms with Crippen molar-refractivity contribution in [2.24, 2.45) is 0 Å². The van der Waals surface area contributed by atoms with Crippen LogP contribution in [0.2, 0.25) is 0 Å². The molecule has 1 N–H and O–H groups in total. The van der Waals surface area contributed by atoms with Gasteiger partial charge in [-0.1, -0.05) is 37.5 Å². The number of rotatable bonds is 7. The molecule has 0 unspecified atom stereocenters. The topological polar surface area (TPSA) is 83.6 Å². The van der Waals surface area contributed by atoms with Gasteiger partial charge in [0.25, 0.3) is 0 Å². The van der Waals surface area contributed by atoms with E-state index in [-0.39, 0.29) is 24.0 Å². The van der Waals surface area contributed by atoms with E-state index in [9.17, 15) is 16.8 Å². The summed E-state index contributed by atoms with van der Waals surface area (Å²) < 4.78 is 52.3. The minimum Gasteiger partial charge on any atom is -0.212 e. The number of nitrogens with one attached hydrogen (secondary N) is 1. The standard InChI is InChI=1S/C15H24N2O4S2/c1-22(18,19)17(14-8-4-2-5-9-14)13-12-16-23(20,21)15-10-6-3-7-11-15/h3,6-7,10-11,14,16H,2,4-5,8-9,12-13H2,1H3. The van der Waals surface area contributed by atoms with Crippen LogP contribution in [0.15, 0.2) is 35.2 Å². The number of sulfonamides is 2. The van der Waals surface area contributed by atoms with Crippen LogP contribution in [0.3, 0.4) is 0 Å². The van der Waals surface area contributed by atoms with E-state index < -0.39 is 20.0 Å². The second-order valence-corrected chi connectivity index (χ2v) is 9.58. The summed E-state index contributed by atoms with van der Waals surface area (Å²) in [6, 6.07) is 8.06. The summed E-state index contributed by atoms with van der Waals surface area (Å²) >= 11 is 0. The van der Waals surface area contributed by atoms with Gasteiger partial charge in [-0.25, -0.2) is 21.6 Å². The zero-order valence-corrected chi connectivity index (χ0v) is 14.9. The first kappa shape index (κ1) is 18.4. The van der Waals surface area contributed by atoms with Crippen molar-refractivity contribution in [2.75, 3.05) is 19.3 Å². The lowest BCUT2D eigenvalue weighted by Crippen LogP contribution is -2.44. The van der Waals surface area contributed by atoms with Crippen molar-refractivity contribution < 1.29 is 16.8 Å². The van der Waals surface area contributed by atoms with Gasteiger partial charge in [0.2, 0.25) is 20.0 Å². The Morgan fingerprint density at radius 2 is 1.65 bits per heavy atom. The largest absolute Gasteiger partial charge is 0.240 e. The van der Waals surface area contributed by atoms with E-state index in [1.807, 2.05) is 0 Å². The van der Waals surface area contributed by atoms with Crippen molar-refractivity contribution in [3.63, 3.8) is 0 Å². The van der Waals surface area contributed by atoms with Crippen molar-refractivity contribution in [1.29, 1.82) is 0 Å². The molecule has 0 aromatic heterocycles. The van der Waals surface area contributed by atoms with E-state index in [0.29, 0.717) is 0 Å². The summed E-state index contributed by atoms with van der Waals surface area (Å²) in [4.78, 5) is 0.184. The molecule has 0 heterocycles. The molecule has 8 heteroatoms. The highest BCUT2D eigenvalue weighted by Crippen LogP contribution is 2.24. The average molecular weight is 361 g/mol. The molecule has 0 aliphatic heterocycles. The fourth-order valence-corrected chi connectivity index (χ4v) is 5.18. The van der Waals surface area contributed by atoms with Crippen LogP contribution in [-0.2, 0) is 20.0 Å². The predicted octanol–water partition coefficient (Wildman–Crippen LogP) is 1.56. The summed E-state index contributed by atoms with van der Waals surface area (Å²) in [6.07, 6.45) is 6.05. The minimum atomic E-state index is -3.60. The molecule has 0 amide bonds. The molecule has 2 rings (SSSR count). The van der Waals surface area contributed by atoms with Gasteiger partial charge in [-0.05, 0) is 25.0 Å². The van der Waals surface area contributed by atoms with Gasteiger partial charge in [0.15, 0.2) is 0 Å². The normalized spacial score (nSPS) is 17.5. The van der Waals surface area contributed by atoms with E-state index in [1.54, 1.807) is 18.2 Å². The lowest BCUT2D eigenvalue weighted by molar-refractivity contribution is 0.257. The van der Waals surface area contributed by atoms with Gasteiger partial charge < -0.3 is 0 Å². The Balaban J connectivity index is 1.99. The van der Waals surface area contributed by atoms with Gasteiger partial charge in [0.05, 0.1) is 11.2 Å². The van der Waals surface area contributed by atoms with Crippen LogP contribution >= 0.6 is 0 Å². The van der Waals surface area contributed by atoms with Crippen molar-refractivity contribution in [3.05, 3.63) is 30.3 Å². The molecule has 1 fully saturated rings. The smallest absolute Gasteiger partial charge is 0.212 e. The maximum absolute atomic E-state index is 12.2. The highest BCUT2D eigenvalue weighted by molar-refractivity contribution is 7.89.